The van der Waals surface area contributed by atoms with Crippen molar-refractivity contribution in [2.24, 2.45) is 4.99 Å². The molecule has 0 saturated heterocycles. The molecule has 1 amide bonds. The summed E-state index contributed by atoms with van der Waals surface area (Å²) in [6, 6.07) is 10.5. The number of benzene rings is 1. The van der Waals surface area contributed by atoms with Gasteiger partial charge < -0.3 is 10.1 Å². The van der Waals surface area contributed by atoms with Crippen molar-refractivity contribution in [3.05, 3.63) is 74.0 Å². The summed E-state index contributed by atoms with van der Waals surface area (Å²) in [4.78, 5) is 42.0. The van der Waals surface area contributed by atoms with Crippen LogP contribution in [0.2, 0.25) is 0 Å². The fourth-order valence-electron chi connectivity index (χ4n) is 3.54. The van der Waals surface area contributed by atoms with E-state index in [1.54, 1.807) is 6.08 Å². The molecule has 1 aliphatic rings. The topological polar surface area (TPSA) is 116 Å². The van der Waals surface area contributed by atoms with Gasteiger partial charge in [0.1, 0.15) is 6.04 Å². The van der Waals surface area contributed by atoms with Crippen LogP contribution in [0.4, 0.5) is 0 Å². The molecule has 0 bridgehead atoms. The van der Waals surface area contributed by atoms with E-state index in [0.717, 1.165) is 21.0 Å². The molecule has 158 valence electrons. The first-order valence-corrected chi connectivity index (χ1v) is 10.4. The molecular weight excluding hydrogens is 416 g/mol. The zero-order chi connectivity index (χ0) is 22.0. The van der Waals surface area contributed by atoms with Crippen LogP contribution in [-0.4, -0.2) is 35.2 Å². The maximum atomic E-state index is 12.5. The van der Waals surface area contributed by atoms with Gasteiger partial charge in [-0.25, -0.2) is 9.79 Å². The zero-order valence-electron chi connectivity index (χ0n) is 16.9. The molecule has 2 aromatic heterocycles. The van der Waals surface area contributed by atoms with Crippen LogP contribution in [0, 0.1) is 0 Å². The van der Waals surface area contributed by atoms with Crippen LogP contribution in [0.25, 0.3) is 22.2 Å². The van der Waals surface area contributed by atoms with Gasteiger partial charge in [0.15, 0.2) is 0 Å². The average Bonchev–Trinajstić information content (AvgIpc) is 3.47. The van der Waals surface area contributed by atoms with Crippen molar-refractivity contribution in [1.29, 1.82) is 0 Å². The maximum Gasteiger partial charge on any atom is 0.328 e. The first kappa shape index (κ1) is 20.5. The minimum Gasteiger partial charge on any atom is -0.467 e. The highest BCUT2D eigenvalue weighted by Crippen LogP contribution is 2.28. The number of nitrogens with zero attached hydrogens (tertiary/aromatic N) is 1. The molecule has 9 heteroatoms. The number of rotatable bonds is 6. The molecule has 1 atom stereocenters. The Labute approximate surface area is 181 Å². The second-order valence-electron chi connectivity index (χ2n) is 6.96. The van der Waals surface area contributed by atoms with Crippen LogP contribution in [-0.2, 0) is 14.3 Å². The Bertz CT molecular complexity index is 1350. The number of aromatic amines is 2. The molecule has 0 spiro atoms. The summed E-state index contributed by atoms with van der Waals surface area (Å²) in [5.74, 6) is -0.892. The lowest BCUT2D eigenvalue weighted by molar-refractivity contribution is -0.144. The first-order chi connectivity index (χ1) is 15.0. The summed E-state index contributed by atoms with van der Waals surface area (Å²) in [6.45, 7) is 1.34. The van der Waals surface area contributed by atoms with Gasteiger partial charge in [0, 0.05) is 18.6 Å². The van der Waals surface area contributed by atoms with Gasteiger partial charge in [-0.1, -0.05) is 24.3 Å². The number of carbonyl (C=O) groups is 2. The van der Waals surface area contributed by atoms with Crippen molar-refractivity contribution >= 4 is 34.9 Å². The standard InChI is InChI=1S/C22H20N4O4S/c1-12(27)23-18(22(29)30-2)10-14-13-6-3-4-7-16(13)24-17(14)11-15-20(25-26-21(15)28)19-8-5-9-31-19/h3-9,11,18H,10H2,1-2H3,(H,23,27)(H2,25,26,28)/b17-11+. The Morgan fingerprint density at radius 1 is 1.23 bits per heavy atom. The molecule has 1 aromatic carbocycles. The highest BCUT2D eigenvalue weighted by atomic mass is 32.1. The Morgan fingerprint density at radius 3 is 2.74 bits per heavy atom. The lowest BCUT2D eigenvalue weighted by Crippen LogP contribution is -2.41. The Balaban J connectivity index is 1.83. The van der Waals surface area contributed by atoms with Crippen molar-refractivity contribution in [2.45, 2.75) is 19.4 Å². The van der Waals surface area contributed by atoms with E-state index in [9.17, 15) is 14.4 Å². The van der Waals surface area contributed by atoms with Gasteiger partial charge in [-0.05, 0) is 29.2 Å². The number of allylic oxidation sites excluding steroid dienone is 1. The predicted molar refractivity (Wildman–Crippen MR) is 118 cm³/mol. The molecule has 3 aromatic rings. The van der Waals surface area contributed by atoms with Gasteiger partial charge in [-0.15, -0.1) is 11.3 Å². The van der Waals surface area contributed by atoms with Crippen LogP contribution < -0.4 is 21.5 Å². The summed E-state index contributed by atoms with van der Waals surface area (Å²) in [5, 5.41) is 11.7. The number of esters is 1. The molecule has 8 nitrogen and oxygen atoms in total. The zero-order valence-corrected chi connectivity index (χ0v) is 17.7. The number of para-hydroxylation sites is 1. The third kappa shape index (κ3) is 4.13. The molecule has 31 heavy (non-hydrogen) atoms. The lowest BCUT2D eigenvalue weighted by Gasteiger charge is -2.16. The number of ether oxygens (including phenoxy) is 1. The van der Waals surface area contributed by atoms with E-state index in [0.29, 0.717) is 17.0 Å². The number of nitrogens with one attached hydrogen (secondary N) is 3. The predicted octanol–water partition coefficient (Wildman–Crippen LogP) is 1.32. The Hall–Kier alpha value is -3.72. The molecule has 1 unspecified atom stereocenters. The molecular formula is C22H20N4O4S. The van der Waals surface area contributed by atoms with Gasteiger partial charge in [-0.3, -0.25) is 19.8 Å². The van der Waals surface area contributed by atoms with E-state index in [1.165, 1.54) is 25.4 Å². The smallest absolute Gasteiger partial charge is 0.328 e. The third-order valence-electron chi connectivity index (χ3n) is 4.91. The summed E-state index contributed by atoms with van der Waals surface area (Å²) in [7, 11) is 1.28. The fraction of sp³-hybridized carbons (Fsp3) is 0.182. The van der Waals surface area contributed by atoms with Gasteiger partial charge in [-0.2, -0.15) is 0 Å². The molecule has 3 heterocycles. The monoisotopic (exact) mass is 436 g/mol. The number of amides is 1. The molecule has 3 N–H and O–H groups in total. The number of hydrogen-bond donors (Lipinski definition) is 3. The van der Waals surface area contributed by atoms with E-state index >= 15 is 0 Å². The van der Waals surface area contributed by atoms with Crippen LogP contribution in [0.15, 0.2) is 57.3 Å². The van der Waals surface area contributed by atoms with Crippen LogP contribution in [0.5, 0.6) is 0 Å². The van der Waals surface area contributed by atoms with E-state index in [4.69, 9.17) is 4.74 Å². The van der Waals surface area contributed by atoms with Crippen LogP contribution in [0.1, 0.15) is 18.9 Å². The molecule has 0 aliphatic carbocycles. The van der Waals surface area contributed by atoms with E-state index in [-0.39, 0.29) is 17.9 Å². The van der Waals surface area contributed by atoms with Crippen molar-refractivity contribution in [3.63, 3.8) is 0 Å². The largest absolute Gasteiger partial charge is 0.467 e. The fourth-order valence-corrected chi connectivity index (χ4v) is 4.28. The first-order valence-electron chi connectivity index (χ1n) is 9.56. The maximum absolute atomic E-state index is 12.5. The van der Waals surface area contributed by atoms with Gasteiger partial charge in [0.25, 0.3) is 5.56 Å². The van der Waals surface area contributed by atoms with Gasteiger partial charge in [0.2, 0.25) is 5.91 Å². The normalized spacial score (nSPS) is 14.8. The Morgan fingerprint density at radius 2 is 2.03 bits per heavy atom. The Kier molecular flexibility index (Phi) is 5.68. The molecule has 0 saturated carbocycles. The lowest BCUT2D eigenvalue weighted by atomic mass is 10.00. The second kappa shape index (κ2) is 8.57. The number of methoxy groups -OCH3 is 1. The number of carbonyl (C=O) groups excluding carboxylic acids is 2. The third-order valence-corrected chi connectivity index (χ3v) is 5.80. The highest BCUT2D eigenvalue weighted by molar-refractivity contribution is 7.13. The van der Waals surface area contributed by atoms with Gasteiger partial charge in [0.05, 0.1) is 34.3 Å². The van der Waals surface area contributed by atoms with Crippen molar-refractivity contribution in [3.8, 4) is 10.6 Å². The van der Waals surface area contributed by atoms with Crippen molar-refractivity contribution < 1.29 is 14.3 Å². The number of fused-ring (bicyclic) bond motifs is 1. The van der Waals surface area contributed by atoms with E-state index < -0.39 is 12.0 Å². The van der Waals surface area contributed by atoms with Crippen LogP contribution in [0.3, 0.4) is 0 Å². The molecule has 0 fully saturated rings. The number of thiophene rings is 1. The van der Waals surface area contributed by atoms with Crippen molar-refractivity contribution in [1.82, 2.24) is 15.5 Å². The number of H-pyrrole nitrogens is 2. The second-order valence-corrected chi connectivity index (χ2v) is 7.91. The average molecular weight is 436 g/mol. The summed E-state index contributed by atoms with van der Waals surface area (Å²) in [5.41, 5.74) is 2.15. The molecule has 1 aliphatic heterocycles. The quantitative estimate of drug-likeness (QED) is 0.506. The molecule has 0 radical (unpaired) electrons. The number of hydrogen-bond acceptors (Lipinski definition) is 6. The molecule has 4 rings (SSSR count). The minimum atomic E-state index is -0.872. The van der Waals surface area contributed by atoms with Crippen LogP contribution >= 0.6 is 11.3 Å². The minimum absolute atomic E-state index is 0.176. The van der Waals surface area contributed by atoms with Crippen molar-refractivity contribution in [2.75, 3.05) is 7.11 Å². The summed E-state index contributed by atoms with van der Waals surface area (Å²) in [6.07, 6.45) is 1.89. The number of aromatic nitrogens is 2. The van der Waals surface area contributed by atoms with Gasteiger partial charge >= 0.3 is 5.97 Å². The van der Waals surface area contributed by atoms with E-state index in [2.05, 4.69) is 20.5 Å². The highest BCUT2D eigenvalue weighted by Gasteiger charge is 2.26. The summed E-state index contributed by atoms with van der Waals surface area (Å²) < 4.78 is 4.86. The SMILES string of the molecule is COC(=O)C(CC1=c2ccccc2=N/C1=C/c1c(-c2cccs2)[nH][nH]c1=O)NC(C)=O. The van der Waals surface area contributed by atoms with E-state index in [1.807, 2.05) is 41.8 Å². The summed E-state index contributed by atoms with van der Waals surface area (Å²) >= 11 is 1.51.